The zero-order valence-electron chi connectivity index (χ0n) is 14.0. The lowest BCUT2D eigenvalue weighted by atomic mass is 10.2. The lowest BCUT2D eigenvalue weighted by molar-refractivity contribution is -0.123. The summed E-state index contributed by atoms with van der Waals surface area (Å²) in [4.78, 5) is 25.7. The molecule has 0 N–H and O–H groups in total. The molecule has 2 rings (SSSR count). The number of benzene rings is 1. The molecule has 0 aromatic heterocycles. The molecule has 1 saturated heterocycles. The first-order valence-corrected chi connectivity index (χ1v) is 8.43. The summed E-state index contributed by atoms with van der Waals surface area (Å²) in [7, 11) is 1.51. The number of rotatable bonds is 8. The number of imide groups is 1. The van der Waals surface area contributed by atoms with Gasteiger partial charge in [0.05, 0.1) is 24.7 Å². The van der Waals surface area contributed by atoms with E-state index < -0.39 is 0 Å². The maximum atomic E-state index is 12.3. The first-order chi connectivity index (χ1) is 12.1. The Kier molecular flexibility index (Phi) is 6.86. The predicted molar refractivity (Wildman–Crippen MR) is 93.3 cm³/mol. The largest absolute Gasteiger partial charge is 0.490 e. The molecule has 8 heteroatoms. The highest BCUT2D eigenvalue weighted by atomic mass is 32.2. The fourth-order valence-corrected chi connectivity index (χ4v) is 3.00. The summed E-state index contributed by atoms with van der Waals surface area (Å²) >= 11 is 0.892. The highest BCUT2D eigenvalue weighted by Gasteiger charge is 2.34. The van der Waals surface area contributed by atoms with Gasteiger partial charge in [0.25, 0.3) is 11.1 Å². The van der Waals surface area contributed by atoms with Crippen molar-refractivity contribution in [1.82, 2.24) is 4.90 Å². The summed E-state index contributed by atoms with van der Waals surface area (Å²) in [6, 6.07) is 7.01. The number of hydrogen-bond acceptors (Lipinski definition) is 7. The van der Waals surface area contributed by atoms with Gasteiger partial charge < -0.3 is 14.2 Å². The van der Waals surface area contributed by atoms with Gasteiger partial charge in [-0.05, 0) is 42.5 Å². The highest BCUT2D eigenvalue weighted by molar-refractivity contribution is 8.18. The third-order valence-electron chi connectivity index (χ3n) is 3.25. The van der Waals surface area contributed by atoms with Crippen molar-refractivity contribution in [2.45, 2.75) is 6.92 Å². The lowest BCUT2D eigenvalue weighted by Crippen LogP contribution is -2.31. The molecular formula is C17H18N2O5S. The number of carbonyl (C=O) groups is 2. The quantitative estimate of drug-likeness (QED) is 0.657. The van der Waals surface area contributed by atoms with Crippen LogP contribution in [0.3, 0.4) is 0 Å². The fourth-order valence-electron chi connectivity index (χ4n) is 2.14. The molecule has 1 aromatic carbocycles. The number of methoxy groups -OCH3 is 1. The molecule has 1 heterocycles. The summed E-state index contributed by atoms with van der Waals surface area (Å²) < 4.78 is 15.7. The van der Waals surface area contributed by atoms with Crippen LogP contribution in [-0.2, 0) is 9.53 Å². The molecule has 25 heavy (non-hydrogen) atoms. The summed E-state index contributed by atoms with van der Waals surface area (Å²) in [5, 5.41) is 8.31. The van der Waals surface area contributed by atoms with E-state index >= 15 is 0 Å². The summed E-state index contributed by atoms with van der Waals surface area (Å²) in [6.07, 6.45) is 1.63. The van der Waals surface area contributed by atoms with Crippen molar-refractivity contribution in [3.63, 3.8) is 0 Å². The lowest BCUT2D eigenvalue weighted by Gasteiger charge is -2.11. The minimum absolute atomic E-state index is 0.0855. The van der Waals surface area contributed by atoms with Crippen LogP contribution in [-0.4, -0.2) is 49.5 Å². The minimum atomic E-state index is -0.338. The molecule has 0 saturated carbocycles. The monoisotopic (exact) mass is 362 g/mol. The zero-order chi connectivity index (χ0) is 18.2. The van der Waals surface area contributed by atoms with E-state index in [-0.39, 0.29) is 24.3 Å². The Hall–Kier alpha value is -2.50. The van der Waals surface area contributed by atoms with Gasteiger partial charge >= 0.3 is 0 Å². The molecule has 132 valence electrons. The van der Waals surface area contributed by atoms with E-state index in [0.29, 0.717) is 35.2 Å². The Labute approximate surface area is 150 Å². The van der Waals surface area contributed by atoms with Gasteiger partial charge in [0, 0.05) is 7.11 Å². The normalized spacial score (nSPS) is 15.6. The van der Waals surface area contributed by atoms with Crippen LogP contribution in [0.2, 0.25) is 0 Å². The van der Waals surface area contributed by atoms with Crippen LogP contribution in [0.4, 0.5) is 4.79 Å². The molecule has 2 amide bonds. The standard InChI is InChI=1S/C17H18N2O5S/c1-3-23-14-10-12(4-5-13(14)24-8-6-18)11-15-16(20)19(7-9-22-2)17(21)25-15/h4-5,10-11H,3,7-9H2,1-2H3/b15-11-. The zero-order valence-corrected chi connectivity index (χ0v) is 14.8. The predicted octanol–water partition coefficient (Wildman–Crippen LogP) is 2.67. The van der Waals surface area contributed by atoms with Crippen LogP contribution < -0.4 is 9.47 Å². The third-order valence-corrected chi connectivity index (χ3v) is 4.16. The molecule has 1 aliphatic heterocycles. The number of amides is 2. The molecule has 0 unspecified atom stereocenters. The van der Waals surface area contributed by atoms with Crippen molar-refractivity contribution in [2.75, 3.05) is 33.5 Å². The first-order valence-electron chi connectivity index (χ1n) is 7.61. The maximum absolute atomic E-state index is 12.3. The Balaban J connectivity index is 2.22. The fraction of sp³-hybridized carbons (Fsp3) is 0.353. The van der Waals surface area contributed by atoms with Gasteiger partial charge in [0.1, 0.15) is 6.07 Å². The van der Waals surface area contributed by atoms with Gasteiger partial charge in [-0.1, -0.05) is 6.07 Å². The number of hydrogen-bond donors (Lipinski definition) is 0. The van der Waals surface area contributed by atoms with Crippen LogP contribution >= 0.6 is 11.8 Å². The van der Waals surface area contributed by atoms with Crippen molar-refractivity contribution >= 4 is 29.0 Å². The Bertz CT molecular complexity index is 726. The Morgan fingerprint density at radius 3 is 2.76 bits per heavy atom. The molecular weight excluding hydrogens is 344 g/mol. The van der Waals surface area contributed by atoms with Crippen LogP contribution in [0.25, 0.3) is 6.08 Å². The van der Waals surface area contributed by atoms with Crippen molar-refractivity contribution in [2.24, 2.45) is 0 Å². The van der Waals surface area contributed by atoms with Gasteiger partial charge in [0.15, 0.2) is 18.1 Å². The molecule has 1 fully saturated rings. The van der Waals surface area contributed by atoms with Gasteiger partial charge in [0.2, 0.25) is 0 Å². The van der Waals surface area contributed by atoms with Gasteiger partial charge in [-0.2, -0.15) is 5.26 Å². The summed E-state index contributed by atoms with van der Waals surface area (Å²) in [6.45, 7) is 2.70. The Morgan fingerprint density at radius 1 is 1.28 bits per heavy atom. The van der Waals surface area contributed by atoms with Crippen molar-refractivity contribution in [3.8, 4) is 17.6 Å². The maximum Gasteiger partial charge on any atom is 0.293 e. The number of thioether (sulfide) groups is 1. The van der Waals surface area contributed by atoms with Gasteiger partial charge in [-0.15, -0.1) is 0 Å². The topological polar surface area (TPSA) is 88.9 Å². The molecule has 0 atom stereocenters. The average Bonchev–Trinajstić information content (AvgIpc) is 2.86. The number of nitrogens with zero attached hydrogens (tertiary/aromatic N) is 2. The molecule has 1 aliphatic rings. The van der Waals surface area contributed by atoms with Crippen LogP contribution in [0.5, 0.6) is 11.5 Å². The third kappa shape index (κ3) is 4.75. The van der Waals surface area contributed by atoms with E-state index in [9.17, 15) is 9.59 Å². The number of ether oxygens (including phenoxy) is 3. The van der Waals surface area contributed by atoms with E-state index in [0.717, 1.165) is 16.7 Å². The van der Waals surface area contributed by atoms with E-state index in [1.54, 1.807) is 24.3 Å². The van der Waals surface area contributed by atoms with Crippen LogP contribution in [0.1, 0.15) is 12.5 Å². The molecule has 0 bridgehead atoms. The van der Waals surface area contributed by atoms with E-state index in [4.69, 9.17) is 19.5 Å². The second-order valence-corrected chi connectivity index (χ2v) is 5.91. The second-order valence-electron chi connectivity index (χ2n) is 4.91. The number of nitriles is 1. The minimum Gasteiger partial charge on any atom is -0.490 e. The second kappa shape index (κ2) is 9.11. The average molecular weight is 362 g/mol. The van der Waals surface area contributed by atoms with E-state index in [1.807, 2.05) is 13.0 Å². The van der Waals surface area contributed by atoms with Crippen LogP contribution in [0, 0.1) is 11.3 Å². The van der Waals surface area contributed by atoms with E-state index in [2.05, 4.69) is 0 Å². The van der Waals surface area contributed by atoms with Crippen molar-refractivity contribution in [3.05, 3.63) is 28.7 Å². The molecule has 7 nitrogen and oxygen atoms in total. The Morgan fingerprint density at radius 2 is 2.08 bits per heavy atom. The highest BCUT2D eigenvalue weighted by Crippen LogP contribution is 2.34. The van der Waals surface area contributed by atoms with Crippen LogP contribution in [0.15, 0.2) is 23.1 Å². The van der Waals surface area contributed by atoms with E-state index in [1.165, 1.54) is 7.11 Å². The molecule has 1 aromatic rings. The van der Waals surface area contributed by atoms with Crippen molar-refractivity contribution < 1.29 is 23.8 Å². The first kappa shape index (κ1) is 18.8. The smallest absolute Gasteiger partial charge is 0.293 e. The molecule has 0 spiro atoms. The summed E-state index contributed by atoms with van der Waals surface area (Å²) in [5.41, 5.74) is 0.699. The SMILES string of the molecule is CCOc1cc(/C=C2\SC(=O)N(CCOC)C2=O)ccc1OCC#N. The van der Waals surface area contributed by atoms with Crippen molar-refractivity contribution in [1.29, 1.82) is 5.26 Å². The molecule has 0 radical (unpaired) electrons. The molecule has 0 aliphatic carbocycles. The number of carbonyl (C=O) groups excluding carboxylic acids is 2. The van der Waals surface area contributed by atoms with Gasteiger partial charge in [-0.25, -0.2) is 0 Å². The summed E-state index contributed by atoms with van der Waals surface area (Å²) in [5.74, 6) is 0.591. The van der Waals surface area contributed by atoms with Gasteiger partial charge in [-0.3, -0.25) is 14.5 Å².